The summed E-state index contributed by atoms with van der Waals surface area (Å²) in [5.74, 6) is -0.199. The van der Waals surface area contributed by atoms with Gasteiger partial charge in [-0.3, -0.25) is 4.84 Å². The number of fused-ring (bicyclic) bond motifs is 1. The molecule has 1 aromatic carbocycles. The van der Waals surface area contributed by atoms with Crippen molar-refractivity contribution in [3.63, 3.8) is 0 Å². The molecular weight excluding hydrogens is 200 g/mol. The highest BCUT2D eigenvalue weighted by Crippen LogP contribution is 2.24. The molecule has 6 nitrogen and oxygen atoms in total. The SMILES string of the molecule is O=[N+]([O-])Oc1ccc2cccc(O)c2n1. The molecule has 1 N–H and O–H groups in total. The lowest BCUT2D eigenvalue weighted by molar-refractivity contribution is -0.712. The van der Waals surface area contributed by atoms with E-state index in [0.717, 1.165) is 0 Å². The zero-order valence-electron chi connectivity index (χ0n) is 7.45. The molecule has 0 amide bonds. The van der Waals surface area contributed by atoms with Gasteiger partial charge in [-0.05, 0) is 18.2 Å². The van der Waals surface area contributed by atoms with Crippen LogP contribution in [0.1, 0.15) is 0 Å². The van der Waals surface area contributed by atoms with E-state index in [1.54, 1.807) is 18.2 Å². The van der Waals surface area contributed by atoms with Crippen LogP contribution in [0, 0.1) is 10.1 Å². The van der Waals surface area contributed by atoms with E-state index in [9.17, 15) is 15.2 Å². The van der Waals surface area contributed by atoms with Gasteiger partial charge in [0.1, 0.15) is 11.3 Å². The lowest BCUT2D eigenvalue weighted by atomic mass is 10.2. The number of benzene rings is 1. The van der Waals surface area contributed by atoms with Gasteiger partial charge in [0, 0.05) is 5.39 Å². The average Bonchev–Trinajstić information content (AvgIpc) is 2.18. The lowest BCUT2D eigenvalue weighted by Gasteiger charge is -2.01. The van der Waals surface area contributed by atoms with Gasteiger partial charge in [0.25, 0.3) is 0 Å². The molecule has 0 aliphatic carbocycles. The first-order valence-corrected chi connectivity index (χ1v) is 4.08. The molecule has 0 spiro atoms. The predicted molar refractivity (Wildman–Crippen MR) is 51.0 cm³/mol. The topological polar surface area (TPSA) is 85.5 Å². The van der Waals surface area contributed by atoms with Gasteiger partial charge in [0.05, 0.1) is 0 Å². The fourth-order valence-corrected chi connectivity index (χ4v) is 1.24. The second-order valence-corrected chi connectivity index (χ2v) is 2.81. The highest BCUT2D eigenvalue weighted by molar-refractivity contribution is 5.84. The minimum Gasteiger partial charge on any atom is -0.506 e. The molecule has 0 saturated heterocycles. The molecule has 0 bridgehead atoms. The van der Waals surface area contributed by atoms with Gasteiger partial charge in [-0.15, -0.1) is 10.1 Å². The standard InChI is InChI=1S/C9H6N2O4/c12-7-3-1-2-6-4-5-8(10-9(6)7)15-11(13)14/h1-5,12H. The molecule has 1 heterocycles. The number of rotatable bonds is 2. The fourth-order valence-electron chi connectivity index (χ4n) is 1.24. The summed E-state index contributed by atoms with van der Waals surface area (Å²) in [6.07, 6.45) is 0. The second-order valence-electron chi connectivity index (χ2n) is 2.81. The van der Waals surface area contributed by atoms with Crippen LogP contribution >= 0.6 is 0 Å². The third-order valence-electron chi connectivity index (χ3n) is 1.84. The minimum absolute atomic E-state index is 0.0405. The quantitative estimate of drug-likeness (QED) is 0.594. The van der Waals surface area contributed by atoms with Crippen molar-refractivity contribution in [2.45, 2.75) is 0 Å². The number of hydrogen-bond acceptors (Lipinski definition) is 5. The van der Waals surface area contributed by atoms with Crippen LogP contribution in [0.2, 0.25) is 0 Å². The van der Waals surface area contributed by atoms with Crippen LogP contribution in [0.5, 0.6) is 11.6 Å². The average molecular weight is 206 g/mol. The molecule has 6 heteroatoms. The molecule has 0 radical (unpaired) electrons. The molecule has 15 heavy (non-hydrogen) atoms. The molecule has 2 aromatic rings. The van der Waals surface area contributed by atoms with E-state index in [2.05, 4.69) is 9.82 Å². The monoisotopic (exact) mass is 206 g/mol. The molecule has 1 aromatic heterocycles. The normalized spacial score (nSPS) is 10.1. The first kappa shape index (κ1) is 9.20. The Kier molecular flexibility index (Phi) is 2.09. The molecule has 0 saturated carbocycles. The Morgan fingerprint density at radius 1 is 1.33 bits per heavy atom. The largest absolute Gasteiger partial charge is 0.506 e. The molecule has 0 aliphatic rings. The predicted octanol–water partition coefficient (Wildman–Crippen LogP) is 1.51. The zero-order valence-corrected chi connectivity index (χ0v) is 7.45. The van der Waals surface area contributed by atoms with E-state index in [-0.39, 0.29) is 17.1 Å². The first-order chi connectivity index (χ1) is 7.16. The van der Waals surface area contributed by atoms with Crippen LogP contribution in [-0.4, -0.2) is 15.2 Å². The number of phenolic OH excluding ortho intramolecular Hbond substituents is 1. The molecule has 0 unspecified atom stereocenters. The Morgan fingerprint density at radius 3 is 2.87 bits per heavy atom. The van der Waals surface area contributed by atoms with Gasteiger partial charge in [-0.2, -0.15) is 0 Å². The van der Waals surface area contributed by atoms with Crippen LogP contribution in [-0.2, 0) is 0 Å². The lowest BCUT2D eigenvalue weighted by Crippen LogP contribution is -2.04. The van der Waals surface area contributed by atoms with E-state index < -0.39 is 5.09 Å². The minimum atomic E-state index is -0.950. The van der Waals surface area contributed by atoms with E-state index in [4.69, 9.17) is 0 Å². The van der Waals surface area contributed by atoms with Gasteiger partial charge in [-0.1, -0.05) is 12.1 Å². The summed E-state index contributed by atoms with van der Waals surface area (Å²) in [7, 11) is 0. The van der Waals surface area contributed by atoms with Crippen LogP contribution in [0.15, 0.2) is 30.3 Å². The van der Waals surface area contributed by atoms with E-state index in [0.29, 0.717) is 5.39 Å². The maximum Gasteiger partial charge on any atom is 0.301 e. The number of para-hydroxylation sites is 1. The van der Waals surface area contributed by atoms with Crippen molar-refractivity contribution in [3.8, 4) is 11.6 Å². The number of aromatic hydroxyl groups is 1. The molecule has 0 aliphatic heterocycles. The van der Waals surface area contributed by atoms with Crippen LogP contribution in [0.4, 0.5) is 0 Å². The van der Waals surface area contributed by atoms with E-state index in [1.165, 1.54) is 12.1 Å². The maximum atomic E-state index is 10.1. The summed E-state index contributed by atoms with van der Waals surface area (Å²) in [6.45, 7) is 0. The van der Waals surface area contributed by atoms with Crippen LogP contribution in [0.25, 0.3) is 10.9 Å². The number of hydrogen-bond donors (Lipinski definition) is 1. The zero-order chi connectivity index (χ0) is 10.8. The summed E-state index contributed by atoms with van der Waals surface area (Å²) < 4.78 is 0. The number of aromatic nitrogens is 1. The Balaban J connectivity index is 2.54. The van der Waals surface area contributed by atoms with Crippen molar-refractivity contribution in [3.05, 3.63) is 40.4 Å². The summed E-state index contributed by atoms with van der Waals surface area (Å²) in [6, 6.07) is 7.79. The summed E-state index contributed by atoms with van der Waals surface area (Å²) in [5, 5.41) is 19.2. The van der Waals surface area contributed by atoms with Gasteiger partial charge < -0.3 is 5.11 Å². The van der Waals surface area contributed by atoms with Gasteiger partial charge in [0.2, 0.25) is 5.88 Å². The molecule has 0 atom stereocenters. The molecule has 76 valence electrons. The van der Waals surface area contributed by atoms with Crippen molar-refractivity contribution in [2.75, 3.05) is 0 Å². The Hall–Kier alpha value is -2.37. The maximum absolute atomic E-state index is 10.1. The van der Waals surface area contributed by atoms with Gasteiger partial charge >= 0.3 is 5.09 Å². The van der Waals surface area contributed by atoms with Crippen molar-refractivity contribution >= 4 is 10.9 Å². The number of phenols is 1. The van der Waals surface area contributed by atoms with Crippen molar-refractivity contribution < 1.29 is 15.0 Å². The van der Waals surface area contributed by atoms with Crippen molar-refractivity contribution in [1.82, 2.24) is 4.98 Å². The fraction of sp³-hybridized carbons (Fsp3) is 0. The summed E-state index contributed by atoms with van der Waals surface area (Å²) in [5.41, 5.74) is 0.275. The Bertz CT molecular complexity index is 527. The third kappa shape index (κ3) is 1.78. The molecule has 2 rings (SSSR count). The number of pyridine rings is 1. The third-order valence-corrected chi connectivity index (χ3v) is 1.84. The number of nitrogens with zero attached hydrogens (tertiary/aromatic N) is 2. The van der Waals surface area contributed by atoms with E-state index >= 15 is 0 Å². The highest BCUT2D eigenvalue weighted by Gasteiger charge is 2.05. The van der Waals surface area contributed by atoms with E-state index in [1.807, 2.05) is 0 Å². The van der Waals surface area contributed by atoms with Crippen LogP contribution in [0.3, 0.4) is 0 Å². The van der Waals surface area contributed by atoms with Crippen LogP contribution < -0.4 is 4.84 Å². The van der Waals surface area contributed by atoms with Crippen molar-refractivity contribution in [2.24, 2.45) is 0 Å². The smallest absolute Gasteiger partial charge is 0.301 e. The second kappa shape index (κ2) is 3.41. The summed E-state index contributed by atoms with van der Waals surface area (Å²) >= 11 is 0. The molecular formula is C9H6N2O4. The van der Waals surface area contributed by atoms with Gasteiger partial charge in [-0.25, -0.2) is 4.98 Å². The summed E-state index contributed by atoms with van der Waals surface area (Å²) in [4.78, 5) is 18.0. The highest BCUT2D eigenvalue weighted by atomic mass is 17.0. The van der Waals surface area contributed by atoms with Gasteiger partial charge in [0.15, 0.2) is 0 Å². The molecule has 0 fully saturated rings. The first-order valence-electron chi connectivity index (χ1n) is 4.08. The Morgan fingerprint density at radius 2 is 2.13 bits per heavy atom. The van der Waals surface area contributed by atoms with Crippen molar-refractivity contribution in [1.29, 1.82) is 0 Å². The Labute approximate surface area is 83.8 Å².